The molecule has 1 aliphatic heterocycles. The number of amidine groups is 1. The Hall–Kier alpha value is -4.28. The maximum Gasteiger partial charge on any atom is 0.247 e. The Morgan fingerprint density at radius 3 is 2.51 bits per heavy atom. The number of methoxy groups -OCH3 is 1. The maximum atomic E-state index is 13.4. The van der Waals surface area contributed by atoms with E-state index >= 15 is 0 Å². The van der Waals surface area contributed by atoms with Crippen LogP contribution in [-0.4, -0.2) is 68.4 Å². The first-order valence-electron chi connectivity index (χ1n) is 12.8. The number of ether oxygens (including phenoxy) is 3. The van der Waals surface area contributed by atoms with Crippen LogP contribution >= 0.6 is 0 Å². The summed E-state index contributed by atoms with van der Waals surface area (Å²) in [4.78, 5) is 15.7. The third kappa shape index (κ3) is 7.86. The number of oxime groups is 1. The Morgan fingerprint density at radius 1 is 1.08 bits per heavy atom. The van der Waals surface area contributed by atoms with Crippen LogP contribution in [0.15, 0.2) is 78.0 Å². The van der Waals surface area contributed by atoms with Crippen LogP contribution in [0, 0.1) is 0 Å². The van der Waals surface area contributed by atoms with Crippen LogP contribution in [-0.2, 0) is 16.1 Å². The summed E-state index contributed by atoms with van der Waals surface area (Å²) in [7, 11) is 1.58. The minimum absolute atomic E-state index is 0.00708. The SMILES string of the molecule is COc1cc([C@@H](Nc2ccc(C(N)=NO)cc2)C(=O)NCc2ccccc2)ccc1OCCN1CCOCC1. The lowest BCUT2D eigenvalue weighted by Gasteiger charge is -2.26. The Labute approximate surface area is 228 Å². The zero-order chi connectivity index (χ0) is 27.5. The van der Waals surface area contributed by atoms with E-state index < -0.39 is 6.04 Å². The molecule has 0 radical (unpaired) electrons. The molecule has 0 spiro atoms. The van der Waals surface area contributed by atoms with Gasteiger partial charge in [0.05, 0.1) is 20.3 Å². The summed E-state index contributed by atoms with van der Waals surface area (Å²) in [5, 5.41) is 18.3. The molecular weight excluding hydrogens is 498 g/mol. The van der Waals surface area contributed by atoms with E-state index in [-0.39, 0.29) is 11.7 Å². The lowest BCUT2D eigenvalue weighted by molar-refractivity contribution is -0.122. The molecule has 1 fully saturated rings. The van der Waals surface area contributed by atoms with Gasteiger partial charge in [-0.3, -0.25) is 9.69 Å². The van der Waals surface area contributed by atoms with Gasteiger partial charge >= 0.3 is 0 Å². The molecule has 10 nitrogen and oxygen atoms in total. The first-order chi connectivity index (χ1) is 19.1. The summed E-state index contributed by atoms with van der Waals surface area (Å²) in [6.45, 7) is 4.97. The Bertz CT molecular complexity index is 1230. The molecule has 3 aromatic carbocycles. The minimum Gasteiger partial charge on any atom is -0.493 e. The molecule has 10 heteroatoms. The van der Waals surface area contributed by atoms with Gasteiger partial charge in [-0.25, -0.2) is 0 Å². The van der Waals surface area contributed by atoms with Gasteiger partial charge < -0.3 is 35.8 Å². The van der Waals surface area contributed by atoms with Gasteiger partial charge in [0, 0.05) is 37.4 Å². The van der Waals surface area contributed by atoms with E-state index in [1.807, 2.05) is 48.5 Å². The van der Waals surface area contributed by atoms with Gasteiger partial charge in [-0.2, -0.15) is 0 Å². The van der Waals surface area contributed by atoms with Crippen LogP contribution in [0.1, 0.15) is 22.7 Å². The minimum atomic E-state index is -0.722. The average Bonchev–Trinajstić information content (AvgIpc) is 2.99. The number of hydrogen-bond acceptors (Lipinski definition) is 8. The van der Waals surface area contributed by atoms with Crippen LogP contribution in [0.2, 0.25) is 0 Å². The number of nitrogens with two attached hydrogens (primary N) is 1. The summed E-state index contributed by atoms with van der Waals surface area (Å²) in [5.74, 6) is 0.954. The van der Waals surface area contributed by atoms with Gasteiger partial charge in [0.2, 0.25) is 5.91 Å². The van der Waals surface area contributed by atoms with Crippen molar-refractivity contribution in [2.75, 3.05) is 51.9 Å². The molecule has 1 atom stereocenters. The number of morpholine rings is 1. The number of hydrogen-bond donors (Lipinski definition) is 4. The van der Waals surface area contributed by atoms with Crippen molar-refractivity contribution in [3.63, 3.8) is 0 Å². The van der Waals surface area contributed by atoms with Crippen molar-refractivity contribution >= 4 is 17.4 Å². The van der Waals surface area contributed by atoms with Gasteiger partial charge in [0.1, 0.15) is 12.6 Å². The molecule has 0 bridgehead atoms. The molecule has 4 rings (SSSR count). The predicted octanol–water partition coefficient (Wildman–Crippen LogP) is 2.97. The highest BCUT2D eigenvalue weighted by atomic mass is 16.5. The third-order valence-electron chi connectivity index (χ3n) is 6.46. The molecule has 39 heavy (non-hydrogen) atoms. The second-order valence-electron chi connectivity index (χ2n) is 9.06. The van der Waals surface area contributed by atoms with Crippen LogP contribution in [0.4, 0.5) is 5.69 Å². The molecule has 0 aromatic heterocycles. The van der Waals surface area contributed by atoms with Crippen LogP contribution < -0.4 is 25.8 Å². The highest BCUT2D eigenvalue weighted by molar-refractivity contribution is 5.97. The highest BCUT2D eigenvalue weighted by Crippen LogP contribution is 2.32. The summed E-state index contributed by atoms with van der Waals surface area (Å²) in [6, 6.07) is 21.5. The zero-order valence-electron chi connectivity index (χ0n) is 22.0. The molecule has 0 saturated carbocycles. The van der Waals surface area contributed by atoms with E-state index in [9.17, 15) is 4.79 Å². The predicted molar refractivity (Wildman–Crippen MR) is 149 cm³/mol. The molecule has 1 heterocycles. The Balaban J connectivity index is 1.51. The van der Waals surface area contributed by atoms with E-state index in [4.69, 9.17) is 25.2 Å². The van der Waals surface area contributed by atoms with E-state index in [0.29, 0.717) is 41.5 Å². The number of carbonyl (C=O) groups is 1. The van der Waals surface area contributed by atoms with E-state index in [1.54, 1.807) is 31.4 Å². The molecule has 0 unspecified atom stereocenters. The number of nitrogens with one attached hydrogen (secondary N) is 2. The monoisotopic (exact) mass is 533 g/mol. The first-order valence-corrected chi connectivity index (χ1v) is 12.8. The first kappa shape index (κ1) is 27.7. The lowest BCUT2D eigenvalue weighted by atomic mass is 10.0. The molecule has 1 saturated heterocycles. The van der Waals surface area contributed by atoms with Crippen molar-refractivity contribution in [3.05, 3.63) is 89.5 Å². The number of benzene rings is 3. The molecule has 3 aromatic rings. The number of nitrogens with zero attached hydrogens (tertiary/aromatic N) is 2. The second-order valence-corrected chi connectivity index (χ2v) is 9.06. The Kier molecular flexibility index (Phi) is 9.98. The average molecular weight is 534 g/mol. The fourth-order valence-electron chi connectivity index (χ4n) is 4.24. The van der Waals surface area contributed by atoms with Crippen molar-refractivity contribution in [3.8, 4) is 11.5 Å². The quantitative estimate of drug-likeness (QED) is 0.121. The third-order valence-corrected chi connectivity index (χ3v) is 6.46. The van der Waals surface area contributed by atoms with Crippen LogP contribution in [0.5, 0.6) is 11.5 Å². The van der Waals surface area contributed by atoms with Gasteiger partial charge in [-0.15, -0.1) is 0 Å². The van der Waals surface area contributed by atoms with Crippen molar-refractivity contribution in [1.82, 2.24) is 10.2 Å². The van der Waals surface area contributed by atoms with E-state index in [2.05, 4.69) is 20.7 Å². The Morgan fingerprint density at radius 2 is 1.82 bits per heavy atom. The fraction of sp³-hybridized carbons (Fsp3) is 0.310. The van der Waals surface area contributed by atoms with Crippen molar-refractivity contribution in [2.24, 2.45) is 10.9 Å². The lowest BCUT2D eigenvalue weighted by Crippen LogP contribution is -2.38. The number of carbonyl (C=O) groups excluding carboxylic acids is 1. The maximum absolute atomic E-state index is 13.4. The molecular formula is C29H35N5O5. The molecule has 206 valence electrons. The van der Waals surface area contributed by atoms with Gasteiger partial charge in [-0.1, -0.05) is 41.6 Å². The fourth-order valence-corrected chi connectivity index (χ4v) is 4.24. The van der Waals surface area contributed by atoms with E-state index in [1.165, 1.54) is 0 Å². The smallest absolute Gasteiger partial charge is 0.247 e. The highest BCUT2D eigenvalue weighted by Gasteiger charge is 2.23. The summed E-state index contributed by atoms with van der Waals surface area (Å²) >= 11 is 0. The van der Waals surface area contributed by atoms with Gasteiger partial charge in [0.15, 0.2) is 17.3 Å². The zero-order valence-corrected chi connectivity index (χ0v) is 22.0. The van der Waals surface area contributed by atoms with Gasteiger partial charge in [0.25, 0.3) is 0 Å². The van der Waals surface area contributed by atoms with Crippen molar-refractivity contribution in [1.29, 1.82) is 0 Å². The normalized spacial score (nSPS) is 14.8. The number of anilines is 1. The standard InChI is InChI=1S/C29H35N5O5/c1-37-26-19-23(9-12-25(26)39-18-15-34-13-16-38-17-14-34)27(29(35)31-20-21-5-3-2-4-6-21)32-24-10-7-22(8-11-24)28(30)33-36/h2-12,19,27,32,36H,13-18,20H2,1H3,(H2,30,33)(H,31,35)/t27-/m1/s1. The molecule has 1 aliphatic rings. The summed E-state index contributed by atoms with van der Waals surface area (Å²) < 4.78 is 17.0. The van der Waals surface area contributed by atoms with E-state index in [0.717, 1.165) is 38.4 Å². The largest absolute Gasteiger partial charge is 0.493 e. The number of amides is 1. The van der Waals surface area contributed by atoms with Gasteiger partial charge in [-0.05, 0) is 47.5 Å². The summed E-state index contributed by atoms with van der Waals surface area (Å²) in [6.07, 6.45) is 0. The topological polar surface area (TPSA) is 131 Å². The second kappa shape index (κ2) is 14.0. The molecule has 0 aliphatic carbocycles. The van der Waals surface area contributed by atoms with Crippen LogP contribution in [0.25, 0.3) is 0 Å². The number of rotatable bonds is 12. The molecule has 1 amide bonds. The molecule has 5 N–H and O–H groups in total. The van der Waals surface area contributed by atoms with Crippen molar-refractivity contribution in [2.45, 2.75) is 12.6 Å². The van der Waals surface area contributed by atoms with Crippen molar-refractivity contribution < 1.29 is 24.2 Å². The van der Waals surface area contributed by atoms with Crippen LogP contribution in [0.3, 0.4) is 0 Å². The summed E-state index contributed by atoms with van der Waals surface area (Å²) in [5.41, 5.74) is 8.64.